The van der Waals surface area contributed by atoms with Crippen LogP contribution in [0.1, 0.15) is 62.5 Å². The van der Waals surface area contributed by atoms with Gasteiger partial charge in [-0.25, -0.2) is 0 Å². The van der Waals surface area contributed by atoms with Gasteiger partial charge in [-0.3, -0.25) is 0 Å². The molecule has 4 atom stereocenters. The number of hydrogen-bond acceptors (Lipinski definition) is 6. The number of nitrogens with zero attached hydrogens (tertiary/aromatic N) is 1. The Morgan fingerprint density at radius 1 is 1.14 bits per heavy atom. The van der Waals surface area contributed by atoms with E-state index in [0.717, 1.165) is 44.1 Å². The minimum atomic E-state index is -4.10. The number of rotatable bonds is 4. The SMILES string of the molecule is CO/N=C1\CCC[C@H]2[C@@H]3CCc4cc(OS(N)(=O)=O)c(OC)cc4[C@H]3CC[C@]12C. The fraction of sp³-hybridized carbons (Fsp3) is 0.667. The zero-order valence-electron chi connectivity index (χ0n) is 17.3. The molecular weight excluding hydrogens is 392 g/mol. The zero-order chi connectivity index (χ0) is 20.8. The third-order valence-electron chi connectivity index (χ3n) is 7.39. The molecule has 2 N–H and O–H groups in total. The summed E-state index contributed by atoms with van der Waals surface area (Å²) in [4.78, 5) is 5.17. The lowest BCUT2D eigenvalue weighted by Gasteiger charge is -2.54. The minimum absolute atomic E-state index is 0.105. The van der Waals surface area contributed by atoms with E-state index in [9.17, 15) is 8.42 Å². The third kappa shape index (κ3) is 3.61. The van der Waals surface area contributed by atoms with Gasteiger partial charge in [0, 0.05) is 5.41 Å². The monoisotopic (exact) mass is 422 g/mol. The number of aryl methyl sites for hydroxylation is 1. The van der Waals surface area contributed by atoms with Gasteiger partial charge in [0.25, 0.3) is 0 Å². The summed E-state index contributed by atoms with van der Waals surface area (Å²) in [6.45, 7) is 2.37. The van der Waals surface area contributed by atoms with Crippen molar-refractivity contribution in [3.63, 3.8) is 0 Å². The first-order valence-corrected chi connectivity index (χ1v) is 11.8. The summed E-state index contributed by atoms with van der Waals surface area (Å²) in [6.07, 6.45) is 7.54. The minimum Gasteiger partial charge on any atom is -0.493 e. The van der Waals surface area contributed by atoms with Gasteiger partial charge in [0.1, 0.15) is 7.11 Å². The Balaban J connectivity index is 1.69. The molecule has 1 aromatic carbocycles. The standard InChI is InChI=1S/C21H30N2O5S/c1-21-10-9-14-15(17(21)5-4-6-20(21)23-27-3)8-7-13-11-19(28-29(22,24)25)18(26-2)12-16(13)14/h11-12,14-15,17H,4-10H2,1-3H3,(H2,22,24,25)/b23-20+/t14-,15+,17-,21-/m0/s1. The molecule has 160 valence electrons. The first kappa shape index (κ1) is 20.5. The molecule has 0 bridgehead atoms. The van der Waals surface area contributed by atoms with E-state index in [4.69, 9.17) is 18.9 Å². The van der Waals surface area contributed by atoms with Gasteiger partial charge in [-0.1, -0.05) is 12.1 Å². The van der Waals surface area contributed by atoms with Crippen molar-refractivity contribution in [2.45, 2.75) is 57.8 Å². The van der Waals surface area contributed by atoms with Crippen molar-refractivity contribution in [1.82, 2.24) is 0 Å². The molecule has 0 spiro atoms. The summed E-state index contributed by atoms with van der Waals surface area (Å²) in [5.41, 5.74) is 3.72. The molecule has 3 aliphatic carbocycles. The van der Waals surface area contributed by atoms with Gasteiger partial charge >= 0.3 is 10.3 Å². The van der Waals surface area contributed by atoms with Crippen LogP contribution in [0.4, 0.5) is 0 Å². The zero-order valence-corrected chi connectivity index (χ0v) is 18.1. The highest BCUT2D eigenvalue weighted by molar-refractivity contribution is 7.84. The summed E-state index contributed by atoms with van der Waals surface area (Å²) in [5, 5.41) is 9.48. The second-order valence-electron chi connectivity index (χ2n) is 8.76. The highest BCUT2D eigenvalue weighted by Gasteiger charge is 2.52. The first-order valence-electron chi connectivity index (χ1n) is 10.3. The van der Waals surface area contributed by atoms with Crippen LogP contribution >= 0.6 is 0 Å². The number of benzene rings is 1. The predicted octanol–water partition coefficient (Wildman–Crippen LogP) is 3.53. The van der Waals surface area contributed by atoms with Crippen molar-refractivity contribution < 1.29 is 22.2 Å². The topological polar surface area (TPSA) is 100 Å². The maximum atomic E-state index is 11.4. The lowest BCUT2D eigenvalue weighted by Crippen LogP contribution is -2.49. The molecule has 2 saturated carbocycles. The fourth-order valence-electron chi connectivity index (χ4n) is 6.17. The number of methoxy groups -OCH3 is 1. The Morgan fingerprint density at radius 3 is 2.62 bits per heavy atom. The number of ether oxygens (including phenoxy) is 1. The van der Waals surface area contributed by atoms with Crippen LogP contribution in [0.3, 0.4) is 0 Å². The molecular formula is C21H30N2O5S. The van der Waals surface area contributed by atoms with Crippen LogP contribution in [0.5, 0.6) is 11.5 Å². The molecule has 0 amide bonds. The Bertz CT molecular complexity index is 929. The molecule has 29 heavy (non-hydrogen) atoms. The molecule has 7 nitrogen and oxygen atoms in total. The van der Waals surface area contributed by atoms with Gasteiger partial charge in [-0.2, -0.15) is 13.6 Å². The maximum Gasteiger partial charge on any atom is 0.380 e. The molecule has 4 rings (SSSR count). The van der Waals surface area contributed by atoms with Gasteiger partial charge in [-0.15, -0.1) is 0 Å². The smallest absolute Gasteiger partial charge is 0.380 e. The van der Waals surface area contributed by atoms with E-state index in [1.807, 2.05) is 6.07 Å². The largest absolute Gasteiger partial charge is 0.493 e. The van der Waals surface area contributed by atoms with Gasteiger partial charge < -0.3 is 13.8 Å². The van der Waals surface area contributed by atoms with Crippen LogP contribution in [0.25, 0.3) is 0 Å². The average molecular weight is 423 g/mol. The van der Waals surface area contributed by atoms with E-state index in [0.29, 0.717) is 23.5 Å². The molecule has 2 fully saturated rings. The summed E-state index contributed by atoms with van der Waals surface area (Å²) in [6, 6.07) is 3.75. The molecule has 1 aromatic rings. The van der Waals surface area contributed by atoms with E-state index in [-0.39, 0.29) is 11.2 Å². The third-order valence-corrected chi connectivity index (χ3v) is 7.81. The summed E-state index contributed by atoms with van der Waals surface area (Å²) in [7, 11) is -0.947. The van der Waals surface area contributed by atoms with E-state index < -0.39 is 10.3 Å². The summed E-state index contributed by atoms with van der Waals surface area (Å²) >= 11 is 0. The van der Waals surface area contributed by atoms with Crippen molar-refractivity contribution in [3.05, 3.63) is 23.3 Å². The Morgan fingerprint density at radius 2 is 1.93 bits per heavy atom. The average Bonchev–Trinajstić information content (AvgIpc) is 2.66. The first-order chi connectivity index (χ1) is 13.8. The summed E-state index contributed by atoms with van der Waals surface area (Å²) in [5.74, 6) is 2.19. The molecule has 0 saturated heterocycles. The van der Waals surface area contributed by atoms with Crippen LogP contribution in [-0.4, -0.2) is 28.3 Å². The Hall–Kier alpha value is -1.80. The van der Waals surface area contributed by atoms with E-state index >= 15 is 0 Å². The quantitative estimate of drug-likeness (QED) is 0.748. The van der Waals surface area contributed by atoms with Crippen molar-refractivity contribution in [2.24, 2.45) is 27.5 Å². The molecule has 0 aromatic heterocycles. The van der Waals surface area contributed by atoms with E-state index in [1.165, 1.54) is 24.8 Å². The summed E-state index contributed by atoms with van der Waals surface area (Å²) < 4.78 is 33.2. The molecule has 0 aliphatic heterocycles. The lowest BCUT2D eigenvalue weighted by atomic mass is 9.50. The van der Waals surface area contributed by atoms with Crippen LogP contribution in [0, 0.1) is 17.3 Å². The van der Waals surface area contributed by atoms with E-state index in [2.05, 4.69) is 12.1 Å². The van der Waals surface area contributed by atoms with Crippen LogP contribution in [0.15, 0.2) is 17.3 Å². The molecule has 0 unspecified atom stereocenters. The predicted molar refractivity (Wildman–Crippen MR) is 110 cm³/mol. The number of hydrogen-bond donors (Lipinski definition) is 1. The lowest BCUT2D eigenvalue weighted by molar-refractivity contribution is 0.0581. The number of oxime groups is 1. The highest BCUT2D eigenvalue weighted by atomic mass is 32.2. The van der Waals surface area contributed by atoms with Gasteiger partial charge in [0.05, 0.1) is 12.8 Å². The number of nitrogens with two attached hydrogens (primary N) is 1. The second-order valence-corrected chi connectivity index (χ2v) is 9.91. The van der Waals surface area contributed by atoms with E-state index in [1.54, 1.807) is 13.2 Å². The molecule has 3 aliphatic rings. The van der Waals surface area contributed by atoms with Crippen LogP contribution in [-0.2, 0) is 21.6 Å². The molecule has 0 heterocycles. The fourth-order valence-corrected chi connectivity index (χ4v) is 6.55. The molecule has 8 heteroatoms. The Kier molecular flexibility index (Phi) is 5.27. The van der Waals surface area contributed by atoms with Crippen molar-refractivity contribution in [2.75, 3.05) is 14.2 Å². The second kappa shape index (κ2) is 7.47. The van der Waals surface area contributed by atoms with Crippen LogP contribution < -0.4 is 14.1 Å². The maximum absolute atomic E-state index is 11.4. The normalized spacial score (nSPS) is 32.7. The van der Waals surface area contributed by atoms with Gasteiger partial charge in [0.2, 0.25) is 0 Å². The van der Waals surface area contributed by atoms with Crippen molar-refractivity contribution >= 4 is 16.0 Å². The van der Waals surface area contributed by atoms with Gasteiger partial charge in [0.15, 0.2) is 11.5 Å². The number of fused-ring (bicyclic) bond motifs is 5. The highest BCUT2D eigenvalue weighted by Crippen LogP contribution is 2.59. The van der Waals surface area contributed by atoms with Gasteiger partial charge in [-0.05, 0) is 86.0 Å². The van der Waals surface area contributed by atoms with Crippen LogP contribution in [0.2, 0.25) is 0 Å². The van der Waals surface area contributed by atoms with Crippen molar-refractivity contribution in [1.29, 1.82) is 0 Å². The molecule has 0 radical (unpaired) electrons. The Labute approximate surface area is 172 Å². The van der Waals surface area contributed by atoms with Crippen molar-refractivity contribution in [3.8, 4) is 11.5 Å².